The summed E-state index contributed by atoms with van der Waals surface area (Å²) >= 11 is 4.97. The number of rotatable bonds is 30. The first-order valence-electron chi connectivity index (χ1n) is 48.7. The van der Waals surface area contributed by atoms with Crippen LogP contribution in [0.3, 0.4) is 0 Å². The third-order valence-corrected chi connectivity index (χ3v) is 25.6. The fraction of sp³-hybridized carbons (Fsp3) is 0.395. The Bertz CT molecular complexity index is 6030. The van der Waals surface area contributed by atoms with Crippen LogP contribution in [0, 0.1) is 86.7 Å². The van der Waals surface area contributed by atoms with Crippen LogP contribution in [0.1, 0.15) is 190 Å². The molecule has 3 aromatic heterocycles. The highest BCUT2D eigenvalue weighted by Gasteiger charge is 2.48. The van der Waals surface area contributed by atoms with Gasteiger partial charge in [0, 0.05) is 94.0 Å². The highest BCUT2D eigenvalue weighted by molar-refractivity contribution is 6.63. The van der Waals surface area contributed by atoms with E-state index < -0.39 is 136 Å². The first-order valence-corrected chi connectivity index (χ1v) is 49.0. The maximum absolute atomic E-state index is 15.7. The first-order chi connectivity index (χ1) is 68.8. The molecule has 5 amide bonds. The summed E-state index contributed by atoms with van der Waals surface area (Å²) < 4.78 is 169. The topological polar surface area (TPSA) is 236 Å². The molecule has 770 valence electrons. The van der Waals surface area contributed by atoms with E-state index in [1.807, 2.05) is 244 Å². The van der Waals surface area contributed by atoms with Gasteiger partial charge in [-0.15, -0.1) is 0 Å². The van der Waals surface area contributed by atoms with Gasteiger partial charge in [0.2, 0.25) is 34.7 Å². The maximum Gasteiger partial charge on any atom is 0.410 e. The molecule has 15 rings (SSSR count). The van der Waals surface area contributed by atoms with Crippen LogP contribution >= 0.6 is 11.6 Å². The summed E-state index contributed by atoms with van der Waals surface area (Å²) in [6.07, 6.45) is -4.93. The summed E-state index contributed by atoms with van der Waals surface area (Å²) in [5, 5.41) is 3.21. The second-order valence-electron chi connectivity index (χ2n) is 41.0. The monoisotopic (exact) mass is 2020 g/mol. The minimum atomic E-state index is -1.41. The van der Waals surface area contributed by atoms with Gasteiger partial charge in [0.15, 0.2) is 0 Å². The van der Waals surface area contributed by atoms with Crippen LogP contribution in [0.5, 0.6) is 0 Å². The fourth-order valence-corrected chi connectivity index (χ4v) is 17.7. The van der Waals surface area contributed by atoms with Gasteiger partial charge in [-0.05, 0) is 116 Å². The number of benzene rings is 9. The molecule has 3 fully saturated rings. The van der Waals surface area contributed by atoms with Gasteiger partial charge in [-0.1, -0.05) is 286 Å². The molecule has 0 aliphatic carbocycles. The lowest BCUT2D eigenvalue weighted by atomic mass is 9.81. The van der Waals surface area contributed by atoms with Crippen molar-refractivity contribution in [1.29, 1.82) is 0 Å². The number of halogens is 10. The van der Waals surface area contributed by atoms with E-state index in [0.717, 1.165) is 88.0 Å². The van der Waals surface area contributed by atoms with Crippen LogP contribution in [0.4, 0.5) is 53.9 Å². The molecule has 3 aliphatic rings. The Morgan fingerprint density at radius 2 is 0.634 bits per heavy atom. The summed E-state index contributed by atoms with van der Waals surface area (Å²) in [5.74, 6) is -6.22. The van der Waals surface area contributed by atoms with E-state index in [9.17, 15) is 46.3 Å². The Hall–Kier alpha value is -13.4. The van der Waals surface area contributed by atoms with Crippen LogP contribution in [-0.4, -0.2) is 152 Å². The number of nitrogens with zero attached hydrogens (tertiary/aromatic N) is 8. The Kier molecular flexibility index (Phi) is 38.1. The standard InChI is InChI=1S/2C38H42F3N3O4.C34H36F3N3O3.C4H7ClO/c2*1-24(2)36(45)44(21-27-20-43(22-31(27)41)37(46)47-23-26-14-10-7-11-15-26)34(38(3,4)5)33-32(18-25-12-8-6-9-13-25)48-35(42-33)29-19-28(39)16-17-30(29)40;1-34(2,3)31(38-18-24-19-40(20-28(24)37)33(41)42-21-23-12-8-5-9-13-23)30-29(16-22-10-6-4-7-11-22)43-32(39-30)26-17-25(35)14-15-27(26)36;1-3(2)4(5)6/h2*6-17,19,24,27,31,34H,18,20-23H2,1-5H3;4-15,17,24,28,31,38H,16,18-21H2,1-3H3;3H,1-2H3/t27-,31-,34+;27-,31-,34-;24-,28+,31?;/m001./s1. The predicted octanol–water partition coefficient (Wildman–Crippen LogP) is 25.7. The summed E-state index contributed by atoms with van der Waals surface area (Å²) in [5.41, 5.74) is 4.43. The summed E-state index contributed by atoms with van der Waals surface area (Å²) in [6, 6.07) is 63.7. The summed E-state index contributed by atoms with van der Waals surface area (Å²) in [6.45, 7) is 28.7. The minimum absolute atomic E-state index is 0.0100. The number of ether oxygens (including phenoxy) is 3. The zero-order valence-corrected chi connectivity index (χ0v) is 85.1. The molecule has 3 saturated heterocycles. The molecule has 6 heterocycles. The van der Waals surface area contributed by atoms with Gasteiger partial charge in [0.05, 0.1) is 54.5 Å². The molecule has 0 bridgehead atoms. The predicted molar refractivity (Wildman–Crippen MR) is 536 cm³/mol. The highest BCUT2D eigenvalue weighted by Crippen LogP contribution is 2.47. The number of carbonyl (C=O) groups excluding carboxylic acids is 6. The third kappa shape index (κ3) is 30.2. The molecule has 0 saturated carbocycles. The number of carbonyl (C=O) groups is 6. The van der Waals surface area contributed by atoms with Crippen molar-refractivity contribution in [2.24, 2.45) is 51.8 Å². The van der Waals surface area contributed by atoms with E-state index in [1.165, 1.54) is 14.7 Å². The number of likely N-dealkylation sites (tertiary alicyclic amines) is 3. The maximum atomic E-state index is 15.7. The fourth-order valence-electron chi connectivity index (χ4n) is 17.7. The molecule has 1 unspecified atom stereocenters. The lowest BCUT2D eigenvalue weighted by Gasteiger charge is -2.41. The average Bonchev–Trinajstić information content (AvgIpc) is 1.62. The smallest absolute Gasteiger partial charge is 0.410 e. The van der Waals surface area contributed by atoms with Gasteiger partial charge in [0.1, 0.15) is 108 Å². The number of aromatic nitrogens is 3. The molecule has 3 aliphatic heterocycles. The SMILES string of the molecule is CC(C)(C)C(NC[C@@H]1CN(C(=O)OCc2ccccc2)C[C@@H]1F)c1nc(-c2cc(F)ccc2F)oc1Cc1ccccc1.CC(C)C(=O)Cl.CC(C)C(=O)N(C[C@@H]1CN(C(=O)OCc2ccccc2)C[C@@H]1F)[C@@H](c1nc(-c2cc(F)ccc2F)oc1Cc1ccccc1)C(C)(C)C.CC(C)C(=O)N(C[C@@H]1CN(C(=O)OCc2ccccc2)C[C@@H]1F)[C@H](c1nc(-c2cc(F)ccc2F)oc1Cc1ccccc1)C(C)(C)C. The van der Waals surface area contributed by atoms with Crippen LogP contribution in [0.25, 0.3) is 34.4 Å². The van der Waals surface area contributed by atoms with E-state index in [1.54, 1.807) is 51.3 Å². The molecule has 21 nitrogen and oxygen atoms in total. The zero-order chi connectivity index (χ0) is 105. The Balaban J connectivity index is 0.000000188. The van der Waals surface area contributed by atoms with Crippen molar-refractivity contribution in [2.45, 2.75) is 180 Å². The normalized spacial score (nSPS) is 16.9. The van der Waals surface area contributed by atoms with Crippen molar-refractivity contribution in [3.8, 4) is 34.4 Å². The van der Waals surface area contributed by atoms with Gasteiger partial charge < -0.3 is 57.3 Å². The molecule has 31 heteroatoms. The zero-order valence-electron chi connectivity index (χ0n) is 84.3. The second kappa shape index (κ2) is 50.0. The second-order valence-corrected chi connectivity index (χ2v) is 41.4. The van der Waals surface area contributed by atoms with Gasteiger partial charge in [0.25, 0.3) is 0 Å². The average molecular weight is 2020 g/mol. The molecule has 9 aromatic carbocycles. The van der Waals surface area contributed by atoms with Crippen molar-refractivity contribution in [1.82, 2.24) is 44.8 Å². The van der Waals surface area contributed by atoms with E-state index >= 15 is 22.0 Å². The van der Waals surface area contributed by atoms with Crippen molar-refractivity contribution >= 4 is 46.9 Å². The van der Waals surface area contributed by atoms with Gasteiger partial charge in [-0.2, -0.15) is 0 Å². The number of nitrogens with one attached hydrogen (secondary N) is 1. The van der Waals surface area contributed by atoms with Gasteiger partial charge in [-0.25, -0.2) is 68.8 Å². The van der Waals surface area contributed by atoms with Crippen LogP contribution in [-0.2, 0) is 67.7 Å². The number of oxazole rings is 3. The first kappa shape index (κ1) is 110. The lowest BCUT2D eigenvalue weighted by Crippen LogP contribution is -2.47. The van der Waals surface area contributed by atoms with E-state index in [-0.39, 0.29) is 149 Å². The van der Waals surface area contributed by atoms with E-state index in [0.29, 0.717) is 40.8 Å². The Morgan fingerprint density at radius 3 is 0.903 bits per heavy atom. The Labute approximate surface area is 846 Å². The molecule has 145 heavy (non-hydrogen) atoms. The quantitative estimate of drug-likeness (QED) is 0.0250. The molecule has 9 atom stereocenters. The molecular formula is C114H127ClF9N9O12. The highest BCUT2D eigenvalue weighted by atomic mass is 35.5. The van der Waals surface area contributed by atoms with E-state index in [2.05, 4.69) is 5.32 Å². The molecule has 12 aromatic rings. The van der Waals surface area contributed by atoms with Crippen LogP contribution < -0.4 is 5.32 Å². The summed E-state index contributed by atoms with van der Waals surface area (Å²) in [4.78, 5) is 98.1. The largest absolute Gasteiger partial charge is 0.445 e. The van der Waals surface area contributed by atoms with Crippen LogP contribution in [0.15, 0.2) is 250 Å². The lowest BCUT2D eigenvalue weighted by molar-refractivity contribution is -0.141. The molecule has 1 N–H and O–H groups in total. The van der Waals surface area contributed by atoms with E-state index in [4.69, 9.17) is 54.0 Å². The third-order valence-electron chi connectivity index (χ3n) is 25.1. The van der Waals surface area contributed by atoms with Gasteiger partial charge >= 0.3 is 18.3 Å². The van der Waals surface area contributed by atoms with Crippen molar-refractivity contribution in [2.75, 3.05) is 58.9 Å². The number of amides is 5. The summed E-state index contributed by atoms with van der Waals surface area (Å²) in [7, 11) is 0. The molecule has 0 radical (unpaired) electrons. The van der Waals surface area contributed by atoms with Crippen molar-refractivity contribution in [3.63, 3.8) is 0 Å². The minimum Gasteiger partial charge on any atom is -0.445 e. The number of hydrogen-bond acceptors (Lipinski definition) is 16. The number of alkyl halides is 3. The van der Waals surface area contributed by atoms with Gasteiger partial charge in [-0.3, -0.25) is 14.4 Å². The van der Waals surface area contributed by atoms with Crippen molar-refractivity contribution < 1.29 is 95.7 Å². The Morgan fingerprint density at radius 1 is 0.372 bits per heavy atom. The number of hydrogen-bond donors (Lipinski definition) is 1. The molecule has 0 spiro atoms. The molecular weight excluding hydrogens is 1890 g/mol. The van der Waals surface area contributed by atoms with Crippen LogP contribution in [0.2, 0.25) is 0 Å². The van der Waals surface area contributed by atoms with Crippen molar-refractivity contribution in [3.05, 3.63) is 339 Å².